The summed E-state index contributed by atoms with van der Waals surface area (Å²) in [4.78, 5) is 13.8. The third kappa shape index (κ3) is 2.64. The minimum absolute atomic E-state index is 0.0241. The average molecular weight is 236 g/mol. The first kappa shape index (κ1) is 12.0. The van der Waals surface area contributed by atoms with Gasteiger partial charge < -0.3 is 10.6 Å². The maximum absolute atomic E-state index is 13.0. The normalized spacial score (nSPS) is 24.1. The van der Waals surface area contributed by atoms with Crippen molar-refractivity contribution in [3.8, 4) is 0 Å². The number of nitrogens with two attached hydrogens (primary N) is 1. The quantitative estimate of drug-likeness (QED) is 0.841. The molecule has 3 nitrogen and oxygen atoms in total. The molecule has 1 heterocycles. The van der Waals surface area contributed by atoms with Crippen molar-refractivity contribution in [3.05, 3.63) is 35.6 Å². The highest BCUT2D eigenvalue weighted by molar-refractivity contribution is 5.79. The number of carbonyl (C=O) groups excluding carboxylic acids is 1. The van der Waals surface area contributed by atoms with Gasteiger partial charge >= 0.3 is 0 Å². The maximum Gasteiger partial charge on any atom is 0.227 e. The van der Waals surface area contributed by atoms with Crippen LogP contribution in [0.1, 0.15) is 18.9 Å². The maximum atomic E-state index is 13.0. The van der Waals surface area contributed by atoms with E-state index in [0.717, 1.165) is 6.42 Å². The van der Waals surface area contributed by atoms with E-state index in [1.54, 1.807) is 17.0 Å². The van der Waals surface area contributed by atoms with Gasteiger partial charge in [0.2, 0.25) is 5.91 Å². The molecule has 0 bridgehead atoms. The summed E-state index contributed by atoms with van der Waals surface area (Å²) in [6.07, 6.45) is 1.09. The second-order valence-corrected chi connectivity index (χ2v) is 4.59. The van der Waals surface area contributed by atoms with Crippen LogP contribution in [0.25, 0.3) is 0 Å². The number of amides is 1. The van der Waals surface area contributed by atoms with E-state index < -0.39 is 0 Å². The topological polar surface area (TPSA) is 46.3 Å². The summed E-state index contributed by atoms with van der Waals surface area (Å²) in [6, 6.07) is 6.31. The number of likely N-dealkylation sites (tertiary alicyclic amines) is 1. The molecule has 1 saturated heterocycles. The predicted molar refractivity (Wildman–Crippen MR) is 63.9 cm³/mol. The highest BCUT2D eigenvalue weighted by atomic mass is 19.1. The zero-order valence-corrected chi connectivity index (χ0v) is 9.90. The first-order chi connectivity index (χ1) is 8.08. The van der Waals surface area contributed by atoms with Crippen LogP contribution in [0.4, 0.5) is 4.39 Å². The minimum Gasteiger partial charge on any atom is -0.338 e. The van der Waals surface area contributed by atoms with Crippen molar-refractivity contribution >= 4 is 5.91 Å². The molecule has 0 radical (unpaired) electrons. The highest BCUT2D eigenvalue weighted by Gasteiger charge is 2.31. The Balaban J connectivity index is 2.02. The number of carbonyl (C=O) groups is 1. The Labute approximate surface area is 100 Å². The third-order valence-electron chi connectivity index (χ3n) is 3.38. The van der Waals surface area contributed by atoms with Gasteiger partial charge in [0.15, 0.2) is 0 Å². The lowest BCUT2D eigenvalue weighted by atomic mass is 10.1. The number of hydrogen-bond donors (Lipinski definition) is 1. The molecule has 0 spiro atoms. The van der Waals surface area contributed by atoms with E-state index in [1.165, 1.54) is 12.1 Å². The fraction of sp³-hybridized carbons (Fsp3) is 0.462. The Kier molecular flexibility index (Phi) is 3.43. The van der Waals surface area contributed by atoms with E-state index in [4.69, 9.17) is 5.73 Å². The van der Waals surface area contributed by atoms with E-state index in [9.17, 15) is 9.18 Å². The number of benzene rings is 1. The van der Waals surface area contributed by atoms with Crippen molar-refractivity contribution < 1.29 is 9.18 Å². The van der Waals surface area contributed by atoms with Gasteiger partial charge in [-0.05, 0) is 31.0 Å². The first-order valence-corrected chi connectivity index (χ1v) is 5.87. The lowest BCUT2D eigenvalue weighted by molar-refractivity contribution is -0.131. The summed E-state index contributed by atoms with van der Waals surface area (Å²) >= 11 is 0. The van der Waals surface area contributed by atoms with Crippen molar-refractivity contribution in [2.45, 2.75) is 31.8 Å². The fourth-order valence-electron chi connectivity index (χ4n) is 2.24. The SMILES string of the molecule is CC1C(N)CCN1C(=O)Cc1cccc(F)c1. The molecule has 1 aromatic carbocycles. The van der Waals surface area contributed by atoms with E-state index >= 15 is 0 Å². The summed E-state index contributed by atoms with van der Waals surface area (Å²) in [6.45, 7) is 2.66. The number of hydrogen-bond acceptors (Lipinski definition) is 2. The van der Waals surface area contributed by atoms with Gasteiger partial charge in [0, 0.05) is 18.6 Å². The average Bonchev–Trinajstić information content (AvgIpc) is 2.60. The van der Waals surface area contributed by atoms with Crippen LogP contribution in [0, 0.1) is 5.82 Å². The molecule has 0 saturated carbocycles. The molecule has 2 rings (SSSR count). The van der Waals surface area contributed by atoms with Crippen molar-refractivity contribution in [2.75, 3.05) is 6.54 Å². The standard InChI is InChI=1S/C13H17FN2O/c1-9-12(15)5-6-16(9)13(17)8-10-3-2-4-11(14)7-10/h2-4,7,9,12H,5-6,8,15H2,1H3. The Hall–Kier alpha value is -1.42. The second kappa shape index (κ2) is 4.84. The van der Waals surface area contributed by atoms with Crippen LogP contribution in [0.3, 0.4) is 0 Å². The lowest BCUT2D eigenvalue weighted by Gasteiger charge is -2.23. The zero-order valence-electron chi connectivity index (χ0n) is 9.90. The van der Waals surface area contributed by atoms with Crippen LogP contribution < -0.4 is 5.73 Å². The molecule has 2 atom stereocenters. The summed E-state index contributed by atoms with van der Waals surface area (Å²) in [7, 11) is 0. The Morgan fingerprint density at radius 2 is 2.35 bits per heavy atom. The number of rotatable bonds is 2. The molecule has 4 heteroatoms. The molecule has 1 aromatic rings. The lowest BCUT2D eigenvalue weighted by Crippen LogP contribution is -2.41. The molecule has 1 amide bonds. The Morgan fingerprint density at radius 3 is 2.94 bits per heavy atom. The Bertz CT molecular complexity index is 422. The van der Waals surface area contributed by atoms with Crippen LogP contribution in [0.2, 0.25) is 0 Å². The number of halogens is 1. The highest BCUT2D eigenvalue weighted by Crippen LogP contribution is 2.17. The summed E-state index contributed by atoms with van der Waals surface area (Å²) in [5, 5.41) is 0. The molecule has 0 aliphatic carbocycles. The summed E-state index contributed by atoms with van der Waals surface area (Å²) in [5.74, 6) is -0.280. The van der Waals surface area contributed by atoms with Crippen molar-refractivity contribution in [1.82, 2.24) is 4.90 Å². The van der Waals surface area contributed by atoms with Crippen LogP contribution in [0.15, 0.2) is 24.3 Å². The van der Waals surface area contributed by atoms with E-state index in [0.29, 0.717) is 12.1 Å². The van der Waals surface area contributed by atoms with Gasteiger partial charge in [0.05, 0.1) is 6.42 Å². The molecule has 1 aliphatic rings. The monoisotopic (exact) mass is 236 g/mol. The van der Waals surface area contributed by atoms with Gasteiger partial charge in [-0.15, -0.1) is 0 Å². The molecule has 2 unspecified atom stereocenters. The molecular weight excluding hydrogens is 219 g/mol. The largest absolute Gasteiger partial charge is 0.338 e. The van der Waals surface area contributed by atoms with Gasteiger partial charge in [-0.1, -0.05) is 12.1 Å². The molecule has 0 aromatic heterocycles. The van der Waals surface area contributed by atoms with Gasteiger partial charge in [-0.2, -0.15) is 0 Å². The minimum atomic E-state index is -0.304. The zero-order chi connectivity index (χ0) is 12.4. The van der Waals surface area contributed by atoms with Crippen molar-refractivity contribution in [2.24, 2.45) is 5.73 Å². The summed E-state index contributed by atoms with van der Waals surface area (Å²) in [5.41, 5.74) is 6.58. The first-order valence-electron chi connectivity index (χ1n) is 5.87. The summed E-state index contributed by atoms with van der Waals surface area (Å²) < 4.78 is 13.0. The van der Waals surface area contributed by atoms with Gasteiger partial charge in [0.25, 0.3) is 0 Å². The van der Waals surface area contributed by atoms with Crippen LogP contribution in [-0.2, 0) is 11.2 Å². The number of nitrogens with zero attached hydrogens (tertiary/aromatic N) is 1. The van der Waals surface area contributed by atoms with Gasteiger partial charge in [-0.25, -0.2) is 4.39 Å². The van der Waals surface area contributed by atoms with Crippen molar-refractivity contribution in [1.29, 1.82) is 0 Å². The van der Waals surface area contributed by atoms with Crippen LogP contribution in [-0.4, -0.2) is 29.4 Å². The molecule has 2 N–H and O–H groups in total. The predicted octanol–water partition coefficient (Wildman–Crippen LogP) is 1.32. The van der Waals surface area contributed by atoms with E-state index in [2.05, 4.69) is 0 Å². The van der Waals surface area contributed by atoms with Gasteiger partial charge in [0.1, 0.15) is 5.82 Å². The van der Waals surface area contributed by atoms with Gasteiger partial charge in [-0.3, -0.25) is 4.79 Å². The third-order valence-corrected chi connectivity index (χ3v) is 3.38. The van der Waals surface area contributed by atoms with Crippen LogP contribution >= 0.6 is 0 Å². The molecular formula is C13H17FN2O. The molecule has 1 aliphatic heterocycles. The smallest absolute Gasteiger partial charge is 0.227 e. The van der Waals surface area contributed by atoms with E-state index in [-0.39, 0.29) is 30.2 Å². The van der Waals surface area contributed by atoms with Crippen molar-refractivity contribution in [3.63, 3.8) is 0 Å². The second-order valence-electron chi connectivity index (χ2n) is 4.59. The fourth-order valence-corrected chi connectivity index (χ4v) is 2.24. The molecule has 92 valence electrons. The van der Waals surface area contributed by atoms with E-state index in [1.807, 2.05) is 6.92 Å². The molecule has 1 fully saturated rings. The molecule has 17 heavy (non-hydrogen) atoms. The Morgan fingerprint density at radius 1 is 1.59 bits per heavy atom. The van der Waals surface area contributed by atoms with Crippen LogP contribution in [0.5, 0.6) is 0 Å².